The number of nitrogens with zero attached hydrogens (tertiary/aromatic N) is 1. The normalized spacial score (nSPS) is 11.2. The Hall–Kier alpha value is -4.18. The van der Waals surface area contributed by atoms with Gasteiger partial charge < -0.3 is 4.74 Å². The zero-order chi connectivity index (χ0) is 27.1. The average molecular weight is 568 g/mol. The molecule has 0 saturated heterocycles. The van der Waals surface area contributed by atoms with Crippen molar-refractivity contribution >= 4 is 57.0 Å². The third-order valence-corrected chi connectivity index (χ3v) is 7.02. The molecule has 11 heteroatoms. The lowest BCUT2D eigenvalue weighted by molar-refractivity contribution is 0.0734. The lowest BCUT2D eigenvalue weighted by Gasteiger charge is -2.08. The van der Waals surface area contributed by atoms with E-state index in [9.17, 15) is 18.0 Å². The highest BCUT2D eigenvalue weighted by atomic mass is 35.5. The van der Waals surface area contributed by atoms with Crippen LogP contribution >= 0.6 is 23.2 Å². The number of hydrogen-bond donors (Lipinski definition) is 2. The number of benzene rings is 4. The van der Waals surface area contributed by atoms with Crippen molar-refractivity contribution in [2.24, 2.45) is 5.10 Å². The molecule has 0 radical (unpaired) electrons. The van der Waals surface area contributed by atoms with Crippen LogP contribution in [0.2, 0.25) is 10.0 Å². The van der Waals surface area contributed by atoms with Crippen molar-refractivity contribution in [2.45, 2.75) is 4.90 Å². The Bertz CT molecular complexity index is 1590. The van der Waals surface area contributed by atoms with E-state index in [2.05, 4.69) is 15.2 Å². The van der Waals surface area contributed by atoms with E-state index in [1.54, 1.807) is 48.5 Å². The summed E-state index contributed by atoms with van der Waals surface area (Å²) in [5.74, 6) is -0.812. The van der Waals surface area contributed by atoms with E-state index in [0.717, 1.165) is 0 Å². The molecule has 192 valence electrons. The number of sulfonamides is 1. The van der Waals surface area contributed by atoms with Gasteiger partial charge in [-0.25, -0.2) is 18.6 Å². The second kappa shape index (κ2) is 11.9. The molecule has 0 spiro atoms. The molecule has 0 aliphatic rings. The van der Waals surface area contributed by atoms with Crippen LogP contribution in [0.15, 0.2) is 107 Å². The van der Waals surface area contributed by atoms with Gasteiger partial charge >= 0.3 is 5.97 Å². The van der Waals surface area contributed by atoms with Gasteiger partial charge in [-0.05, 0) is 84.4 Å². The number of ether oxygens (including phenoxy) is 1. The van der Waals surface area contributed by atoms with E-state index >= 15 is 0 Å². The van der Waals surface area contributed by atoms with Crippen molar-refractivity contribution in [1.29, 1.82) is 0 Å². The number of hydrogen-bond acceptors (Lipinski definition) is 6. The minimum atomic E-state index is -3.73. The Kier molecular flexibility index (Phi) is 8.42. The van der Waals surface area contributed by atoms with Crippen LogP contribution in [0.3, 0.4) is 0 Å². The number of amides is 1. The van der Waals surface area contributed by atoms with Crippen molar-refractivity contribution in [3.63, 3.8) is 0 Å². The maximum Gasteiger partial charge on any atom is 0.345 e. The summed E-state index contributed by atoms with van der Waals surface area (Å²) in [7, 11) is -3.73. The molecule has 0 bridgehead atoms. The van der Waals surface area contributed by atoms with Gasteiger partial charge in [0.15, 0.2) is 0 Å². The van der Waals surface area contributed by atoms with E-state index in [-0.39, 0.29) is 21.0 Å². The van der Waals surface area contributed by atoms with Crippen LogP contribution in [-0.2, 0) is 10.0 Å². The molecule has 0 aliphatic carbocycles. The number of hydrazone groups is 1. The van der Waals surface area contributed by atoms with Gasteiger partial charge in [0.05, 0.1) is 21.7 Å². The molecule has 38 heavy (non-hydrogen) atoms. The fourth-order valence-electron chi connectivity index (χ4n) is 3.17. The van der Waals surface area contributed by atoms with Gasteiger partial charge in [0.2, 0.25) is 0 Å². The number of carbonyl (C=O) groups is 2. The predicted octanol–water partition coefficient (Wildman–Crippen LogP) is 5.78. The van der Waals surface area contributed by atoms with Crippen molar-refractivity contribution in [3.05, 3.63) is 124 Å². The summed E-state index contributed by atoms with van der Waals surface area (Å²) in [5.41, 5.74) is 3.82. The van der Waals surface area contributed by atoms with Gasteiger partial charge in [0.1, 0.15) is 5.75 Å². The van der Waals surface area contributed by atoms with E-state index in [1.807, 2.05) is 0 Å². The Balaban J connectivity index is 1.31. The van der Waals surface area contributed by atoms with Crippen molar-refractivity contribution in [3.8, 4) is 5.75 Å². The summed E-state index contributed by atoms with van der Waals surface area (Å²) in [6.45, 7) is 0. The summed E-state index contributed by atoms with van der Waals surface area (Å²) in [4.78, 5) is 24.8. The minimum absolute atomic E-state index is 0.133. The molecule has 0 atom stereocenters. The van der Waals surface area contributed by atoms with Crippen LogP contribution in [0.25, 0.3) is 0 Å². The molecule has 2 N–H and O–H groups in total. The second-order valence-electron chi connectivity index (χ2n) is 7.78. The van der Waals surface area contributed by atoms with Gasteiger partial charge in [-0.15, -0.1) is 0 Å². The molecule has 4 aromatic rings. The first-order chi connectivity index (χ1) is 18.2. The first-order valence-electron chi connectivity index (χ1n) is 11.0. The fraction of sp³-hybridized carbons (Fsp3) is 0. The van der Waals surface area contributed by atoms with E-state index < -0.39 is 21.9 Å². The largest absolute Gasteiger partial charge is 0.423 e. The number of carbonyl (C=O) groups excluding carboxylic acids is 2. The lowest BCUT2D eigenvalue weighted by atomic mass is 10.2. The third-order valence-electron chi connectivity index (χ3n) is 5.07. The molecule has 0 heterocycles. The van der Waals surface area contributed by atoms with Crippen LogP contribution in [-0.4, -0.2) is 26.5 Å². The van der Waals surface area contributed by atoms with Crippen molar-refractivity contribution < 1.29 is 22.7 Å². The average Bonchev–Trinajstić information content (AvgIpc) is 2.90. The minimum Gasteiger partial charge on any atom is -0.423 e. The van der Waals surface area contributed by atoms with Gasteiger partial charge in [0, 0.05) is 16.3 Å². The Morgan fingerprint density at radius 1 is 0.842 bits per heavy atom. The summed E-state index contributed by atoms with van der Waals surface area (Å²) in [6, 6.07) is 24.8. The molecule has 0 saturated carbocycles. The van der Waals surface area contributed by atoms with Crippen molar-refractivity contribution in [1.82, 2.24) is 5.43 Å². The molecular formula is C27H19Cl2N3O5S. The quantitative estimate of drug-likeness (QED) is 0.121. The molecule has 4 rings (SSSR count). The van der Waals surface area contributed by atoms with E-state index in [1.165, 1.54) is 54.7 Å². The Labute approximate surface area is 228 Å². The highest BCUT2D eigenvalue weighted by Gasteiger charge is 2.15. The molecular weight excluding hydrogens is 549 g/mol. The molecule has 0 unspecified atom stereocenters. The van der Waals surface area contributed by atoms with Gasteiger partial charge in [-0.1, -0.05) is 41.4 Å². The molecule has 4 aromatic carbocycles. The first kappa shape index (κ1) is 26.9. The third kappa shape index (κ3) is 6.98. The van der Waals surface area contributed by atoms with Crippen LogP contribution < -0.4 is 14.9 Å². The smallest absolute Gasteiger partial charge is 0.345 e. The highest BCUT2D eigenvalue weighted by molar-refractivity contribution is 7.92. The van der Waals surface area contributed by atoms with Crippen LogP contribution in [0, 0.1) is 0 Å². The second-order valence-corrected chi connectivity index (χ2v) is 10.3. The summed E-state index contributed by atoms with van der Waals surface area (Å²) < 4.78 is 32.6. The lowest BCUT2D eigenvalue weighted by Crippen LogP contribution is -2.18. The van der Waals surface area contributed by atoms with Gasteiger partial charge in [0.25, 0.3) is 15.9 Å². The molecule has 0 fully saturated rings. The Morgan fingerprint density at radius 3 is 2.18 bits per heavy atom. The van der Waals surface area contributed by atoms with Crippen molar-refractivity contribution in [2.75, 3.05) is 4.72 Å². The van der Waals surface area contributed by atoms with Crippen LogP contribution in [0.1, 0.15) is 26.3 Å². The standard InChI is InChI=1S/C27H19Cl2N3O5S/c28-20-10-15-24(25(29)16-20)27(34)37-22-13-6-18(7-14-22)17-30-31-26(33)19-8-11-21(12-9-19)32-38(35,36)23-4-2-1-3-5-23/h1-17,32H,(H,31,33)/b30-17+. The highest BCUT2D eigenvalue weighted by Crippen LogP contribution is 2.23. The maximum atomic E-state index is 12.4. The maximum absolute atomic E-state index is 12.4. The zero-order valence-corrected chi connectivity index (χ0v) is 21.8. The number of nitrogens with one attached hydrogen (secondary N) is 2. The summed E-state index contributed by atoms with van der Waals surface area (Å²) >= 11 is 11.9. The number of anilines is 1. The molecule has 8 nitrogen and oxygen atoms in total. The molecule has 1 amide bonds. The summed E-state index contributed by atoms with van der Waals surface area (Å²) in [6.07, 6.45) is 1.42. The monoisotopic (exact) mass is 567 g/mol. The number of halogens is 2. The van der Waals surface area contributed by atoms with Crippen LogP contribution in [0.5, 0.6) is 5.75 Å². The zero-order valence-electron chi connectivity index (χ0n) is 19.5. The number of esters is 1. The van der Waals surface area contributed by atoms with E-state index in [0.29, 0.717) is 22.0 Å². The topological polar surface area (TPSA) is 114 Å². The van der Waals surface area contributed by atoms with Crippen LogP contribution in [0.4, 0.5) is 5.69 Å². The molecule has 0 aromatic heterocycles. The summed E-state index contributed by atoms with van der Waals surface area (Å²) in [5, 5.41) is 4.52. The number of rotatable bonds is 8. The fourth-order valence-corrected chi connectivity index (χ4v) is 4.74. The Morgan fingerprint density at radius 2 is 1.53 bits per heavy atom. The van der Waals surface area contributed by atoms with Gasteiger partial charge in [-0.3, -0.25) is 9.52 Å². The predicted molar refractivity (Wildman–Crippen MR) is 147 cm³/mol. The first-order valence-corrected chi connectivity index (χ1v) is 13.2. The molecule has 0 aliphatic heterocycles. The SMILES string of the molecule is O=C(N/N=C/c1ccc(OC(=O)c2ccc(Cl)cc2Cl)cc1)c1ccc(NS(=O)(=O)c2ccccc2)cc1. The van der Waals surface area contributed by atoms with Gasteiger partial charge in [-0.2, -0.15) is 5.10 Å². The van der Waals surface area contributed by atoms with E-state index in [4.69, 9.17) is 27.9 Å².